The molecule has 1 aromatic rings. The van der Waals surface area contributed by atoms with Crippen LogP contribution in [0.15, 0.2) is 18.2 Å². The summed E-state index contributed by atoms with van der Waals surface area (Å²) in [5.74, 6) is 0.484. The van der Waals surface area contributed by atoms with E-state index in [-0.39, 0.29) is 6.61 Å². The lowest BCUT2D eigenvalue weighted by Gasteiger charge is -2.15. The second-order valence-corrected chi connectivity index (χ2v) is 5.29. The first-order valence-electron chi connectivity index (χ1n) is 6.11. The molecule has 0 aromatic heterocycles. The van der Waals surface area contributed by atoms with Gasteiger partial charge >= 0.3 is 0 Å². The number of quaternary nitrogens is 1. The van der Waals surface area contributed by atoms with Crippen molar-refractivity contribution >= 4 is 23.2 Å². The van der Waals surface area contributed by atoms with Crippen LogP contribution in [-0.4, -0.2) is 44.1 Å². The molecule has 0 spiro atoms. The first kappa shape index (κ1) is 16.5. The zero-order chi connectivity index (χ0) is 14.3. The largest absolute Gasteiger partial charge is 0.489 e. The van der Waals surface area contributed by atoms with Crippen molar-refractivity contribution in [3.63, 3.8) is 0 Å². The lowest BCUT2D eigenvalue weighted by molar-refractivity contribution is -0.693. The molecule has 3 N–H and O–H groups in total. The van der Waals surface area contributed by atoms with Gasteiger partial charge in [0.05, 0.1) is 11.6 Å². The van der Waals surface area contributed by atoms with Crippen molar-refractivity contribution in [1.29, 1.82) is 0 Å². The van der Waals surface area contributed by atoms with Crippen LogP contribution in [0.2, 0.25) is 10.0 Å². The second-order valence-electron chi connectivity index (χ2n) is 4.44. The molecule has 0 aliphatic carbocycles. The molecule has 1 rings (SSSR count). The van der Waals surface area contributed by atoms with Gasteiger partial charge < -0.3 is 19.9 Å². The van der Waals surface area contributed by atoms with Crippen LogP contribution in [0.1, 0.15) is 6.92 Å². The highest BCUT2D eigenvalue weighted by molar-refractivity contribution is 6.34. The number of nitrogens with two attached hydrogens (primary N) is 1. The van der Waals surface area contributed by atoms with Crippen LogP contribution in [-0.2, 0) is 4.74 Å². The van der Waals surface area contributed by atoms with E-state index in [4.69, 9.17) is 32.7 Å². The molecular formula is C13H20Cl2NO3+. The SMILES string of the molecule is COC[C@H](C)[NH2+]C[C@@H](O)COc1cc(Cl)ccc1Cl. The average Bonchev–Trinajstić information content (AvgIpc) is 2.38. The minimum Gasteiger partial charge on any atom is -0.489 e. The number of hydrogen-bond donors (Lipinski definition) is 2. The summed E-state index contributed by atoms with van der Waals surface area (Å²) in [4.78, 5) is 0. The van der Waals surface area contributed by atoms with Crippen molar-refractivity contribution in [3.05, 3.63) is 28.2 Å². The molecule has 0 aliphatic heterocycles. The van der Waals surface area contributed by atoms with Crippen molar-refractivity contribution in [2.75, 3.05) is 26.9 Å². The van der Waals surface area contributed by atoms with Gasteiger partial charge in [-0.25, -0.2) is 0 Å². The molecule has 6 heteroatoms. The van der Waals surface area contributed by atoms with E-state index in [1.807, 2.05) is 12.2 Å². The Morgan fingerprint density at radius 1 is 1.32 bits per heavy atom. The summed E-state index contributed by atoms with van der Waals surface area (Å²) in [5, 5.41) is 12.9. The van der Waals surface area contributed by atoms with Crippen LogP contribution < -0.4 is 10.1 Å². The van der Waals surface area contributed by atoms with E-state index in [0.29, 0.717) is 35.0 Å². The molecule has 0 saturated heterocycles. The number of methoxy groups -OCH3 is 1. The van der Waals surface area contributed by atoms with Crippen LogP contribution in [0.4, 0.5) is 0 Å². The standard InChI is InChI=1S/C13H19Cl2NO3/c1-9(7-18-2)16-6-11(17)8-19-13-5-10(14)3-4-12(13)15/h3-5,9,11,16-17H,6-8H2,1-2H3/p+1/t9-,11+/m0/s1. The van der Waals surface area contributed by atoms with Crippen LogP contribution in [0, 0.1) is 0 Å². The third kappa shape index (κ3) is 6.45. The lowest BCUT2D eigenvalue weighted by atomic mass is 10.3. The van der Waals surface area contributed by atoms with Gasteiger partial charge in [-0.3, -0.25) is 0 Å². The highest BCUT2D eigenvalue weighted by Gasteiger charge is 2.12. The van der Waals surface area contributed by atoms with E-state index in [2.05, 4.69) is 0 Å². The first-order valence-corrected chi connectivity index (χ1v) is 6.86. The Morgan fingerprint density at radius 3 is 2.74 bits per heavy atom. The normalized spacial score (nSPS) is 14.2. The van der Waals surface area contributed by atoms with E-state index in [9.17, 15) is 5.11 Å². The van der Waals surface area contributed by atoms with E-state index >= 15 is 0 Å². The predicted molar refractivity (Wildman–Crippen MR) is 76.1 cm³/mol. The van der Waals surface area contributed by atoms with Gasteiger partial charge in [0.1, 0.15) is 31.0 Å². The number of aliphatic hydroxyl groups excluding tert-OH is 1. The Labute approximate surface area is 123 Å². The maximum Gasteiger partial charge on any atom is 0.139 e. The number of hydrogen-bond acceptors (Lipinski definition) is 3. The van der Waals surface area contributed by atoms with Crippen LogP contribution in [0.3, 0.4) is 0 Å². The molecule has 0 amide bonds. The fraction of sp³-hybridized carbons (Fsp3) is 0.538. The molecule has 0 radical (unpaired) electrons. The lowest BCUT2D eigenvalue weighted by Crippen LogP contribution is -2.92. The van der Waals surface area contributed by atoms with Gasteiger partial charge in [0.15, 0.2) is 0 Å². The number of benzene rings is 1. The summed E-state index contributed by atoms with van der Waals surface area (Å²) < 4.78 is 10.5. The van der Waals surface area contributed by atoms with Crippen molar-refractivity contribution in [1.82, 2.24) is 0 Å². The van der Waals surface area contributed by atoms with Crippen molar-refractivity contribution < 1.29 is 19.9 Å². The summed E-state index contributed by atoms with van der Waals surface area (Å²) in [6.07, 6.45) is -0.575. The summed E-state index contributed by atoms with van der Waals surface area (Å²) in [6, 6.07) is 5.29. The topological polar surface area (TPSA) is 55.3 Å². The molecule has 0 heterocycles. The molecule has 1 aromatic carbocycles. The Bertz CT molecular complexity index is 390. The summed E-state index contributed by atoms with van der Waals surface area (Å²) in [7, 11) is 1.66. The van der Waals surface area contributed by atoms with Crippen LogP contribution in [0.5, 0.6) is 5.75 Å². The number of halogens is 2. The zero-order valence-electron chi connectivity index (χ0n) is 11.1. The maximum atomic E-state index is 9.81. The van der Waals surface area contributed by atoms with Crippen LogP contribution >= 0.6 is 23.2 Å². The predicted octanol–water partition coefficient (Wildman–Crippen LogP) is 1.33. The minimum atomic E-state index is -0.575. The number of ether oxygens (including phenoxy) is 2. The molecule has 0 fully saturated rings. The van der Waals surface area contributed by atoms with E-state index in [1.54, 1.807) is 25.3 Å². The molecule has 2 atom stereocenters. The molecule has 0 unspecified atom stereocenters. The van der Waals surface area contributed by atoms with Gasteiger partial charge in [-0.05, 0) is 19.1 Å². The Balaban J connectivity index is 2.33. The minimum absolute atomic E-state index is 0.177. The molecule has 0 bridgehead atoms. The molecule has 0 saturated carbocycles. The summed E-state index contributed by atoms with van der Waals surface area (Å²) in [6.45, 7) is 3.40. The molecule has 108 valence electrons. The number of aliphatic hydroxyl groups is 1. The van der Waals surface area contributed by atoms with E-state index < -0.39 is 6.10 Å². The van der Waals surface area contributed by atoms with Crippen LogP contribution in [0.25, 0.3) is 0 Å². The smallest absolute Gasteiger partial charge is 0.139 e. The summed E-state index contributed by atoms with van der Waals surface area (Å²) >= 11 is 11.8. The van der Waals surface area contributed by atoms with E-state index in [0.717, 1.165) is 0 Å². The summed E-state index contributed by atoms with van der Waals surface area (Å²) in [5.41, 5.74) is 0. The second kappa shape index (κ2) is 8.61. The van der Waals surface area contributed by atoms with Crippen molar-refractivity contribution in [3.8, 4) is 5.75 Å². The average molecular weight is 309 g/mol. The Morgan fingerprint density at radius 2 is 2.05 bits per heavy atom. The first-order chi connectivity index (χ1) is 9.02. The Hall–Kier alpha value is -0.520. The number of rotatable bonds is 8. The molecule has 4 nitrogen and oxygen atoms in total. The molecule has 19 heavy (non-hydrogen) atoms. The maximum absolute atomic E-state index is 9.81. The van der Waals surface area contributed by atoms with Gasteiger partial charge in [0.2, 0.25) is 0 Å². The van der Waals surface area contributed by atoms with Gasteiger partial charge in [-0.2, -0.15) is 0 Å². The van der Waals surface area contributed by atoms with Gasteiger partial charge in [0.25, 0.3) is 0 Å². The fourth-order valence-electron chi connectivity index (χ4n) is 1.56. The zero-order valence-corrected chi connectivity index (χ0v) is 12.6. The fourth-order valence-corrected chi connectivity index (χ4v) is 1.90. The Kier molecular flexibility index (Phi) is 7.49. The van der Waals surface area contributed by atoms with E-state index in [1.165, 1.54) is 0 Å². The van der Waals surface area contributed by atoms with Gasteiger partial charge in [0, 0.05) is 18.2 Å². The highest BCUT2D eigenvalue weighted by atomic mass is 35.5. The molecular weight excluding hydrogens is 289 g/mol. The quantitative estimate of drug-likeness (QED) is 0.762. The third-order valence-electron chi connectivity index (χ3n) is 2.56. The third-order valence-corrected chi connectivity index (χ3v) is 3.11. The van der Waals surface area contributed by atoms with Crippen molar-refractivity contribution in [2.45, 2.75) is 19.1 Å². The monoisotopic (exact) mass is 308 g/mol. The van der Waals surface area contributed by atoms with Gasteiger partial charge in [-0.1, -0.05) is 23.2 Å². The van der Waals surface area contributed by atoms with Gasteiger partial charge in [-0.15, -0.1) is 0 Å². The highest BCUT2D eigenvalue weighted by Crippen LogP contribution is 2.27. The van der Waals surface area contributed by atoms with Crippen molar-refractivity contribution in [2.24, 2.45) is 0 Å². The molecule has 0 aliphatic rings.